The molecule has 25 heavy (non-hydrogen) atoms. The highest BCUT2D eigenvalue weighted by Gasteiger charge is 2.36. The summed E-state index contributed by atoms with van der Waals surface area (Å²) in [4.78, 5) is 26.5. The van der Waals surface area contributed by atoms with Crippen LogP contribution in [0, 0.1) is 19.3 Å². The number of aryl methyl sites for hydroxylation is 2. The van der Waals surface area contributed by atoms with Crippen molar-refractivity contribution in [3.63, 3.8) is 0 Å². The molecule has 1 saturated heterocycles. The van der Waals surface area contributed by atoms with E-state index in [4.69, 9.17) is 5.73 Å². The summed E-state index contributed by atoms with van der Waals surface area (Å²) in [6.45, 7) is 10.1. The minimum atomic E-state index is -0.500. The summed E-state index contributed by atoms with van der Waals surface area (Å²) in [5.74, 6) is -0.293. The van der Waals surface area contributed by atoms with Gasteiger partial charge in [0.25, 0.3) is 0 Å². The zero-order chi connectivity index (χ0) is 17.9. The number of anilines is 1. The SMILES string of the molecule is Cc1ccc(NC(=O)NC(=O)C(C)N2CCC(C)(CN)C2)c(C)c1.Cl. The van der Waals surface area contributed by atoms with E-state index in [0.717, 1.165) is 30.6 Å². The number of rotatable bonds is 4. The third-order valence-corrected chi connectivity index (χ3v) is 4.87. The minimum absolute atomic E-state index is 0. The lowest BCUT2D eigenvalue weighted by molar-refractivity contribution is -0.124. The molecule has 0 radical (unpaired) electrons. The van der Waals surface area contributed by atoms with Crippen LogP contribution in [0.15, 0.2) is 18.2 Å². The number of halogens is 1. The molecule has 1 aromatic carbocycles. The van der Waals surface area contributed by atoms with Gasteiger partial charge in [0.15, 0.2) is 0 Å². The van der Waals surface area contributed by atoms with Crippen molar-refractivity contribution in [2.24, 2.45) is 11.1 Å². The molecule has 4 N–H and O–H groups in total. The Kier molecular flexibility index (Phi) is 7.41. The van der Waals surface area contributed by atoms with E-state index in [2.05, 4.69) is 22.5 Å². The number of carbonyl (C=O) groups excluding carboxylic acids is 2. The second-order valence-electron chi connectivity index (χ2n) is 7.17. The van der Waals surface area contributed by atoms with Crippen LogP contribution in [-0.2, 0) is 4.79 Å². The summed E-state index contributed by atoms with van der Waals surface area (Å²) in [6.07, 6.45) is 0.968. The van der Waals surface area contributed by atoms with Gasteiger partial charge in [-0.2, -0.15) is 0 Å². The number of likely N-dealkylation sites (tertiary alicyclic amines) is 1. The van der Waals surface area contributed by atoms with Crippen molar-refractivity contribution in [2.45, 2.75) is 40.2 Å². The van der Waals surface area contributed by atoms with Gasteiger partial charge >= 0.3 is 6.03 Å². The number of urea groups is 1. The fourth-order valence-electron chi connectivity index (χ4n) is 3.05. The molecule has 0 aliphatic carbocycles. The predicted molar refractivity (Wildman–Crippen MR) is 103 cm³/mol. The molecule has 0 aromatic heterocycles. The van der Waals surface area contributed by atoms with E-state index in [1.165, 1.54) is 0 Å². The van der Waals surface area contributed by atoms with Gasteiger partial charge in [-0.05, 0) is 57.3 Å². The van der Waals surface area contributed by atoms with Gasteiger partial charge < -0.3 is 11.1 Å². The number of benzene rings is 1. The smallest absolute Gasteiger partial charge is 0.325 e. The second kappa shape index (κ2) is 8.65. The normalized spacial score (nSPS) is 21.3. The molecule has 1 aliphatic rings. The molecule has 0 spiro atoms. The first-order valence-corrected chi connectivity index (χ1v) is 8.37. The number of nitrogens with zero attached hydrogens (tertiary/aromatic N) is 1. The van der Waals surface area contributed by atoms with Crippen molar-refractivity contribution in [1.29, 1.82) is 0 Å². The van der Waals surface area contributed by atoms with E-state index in [0.29, 0.717) is 12.2 Å². The molecule has 1 heterocycles. The van der Waals surface area contributed by atoms with Crippen LogP contribution in [-0.4, -0.2) is 42.5 Å². The Hall–Kier alpha value is -1.63. The van der Waals surface area contributed by atoms with Crippen molar-refractivity contribution < 1.29 is 9.59 Å². The maximum atomic E-state index is 12.3. The van der Waals surface area contributed by atoms with Gasteiger partial charge in [-0.25, -0.2) is 4.79 Å². The monoisotopic (exact) mass is 368 g/mol. The fraction of sp³-hybridized carbons (Fsp3) is 0.556. The minimum Gasteiger partial charge on any atom is -0.330 e. The van der Waals surface area contributed by atoms with E-state index in [-0.39, 0.29) is 29.8 Å². The van der Waals surface area contributed by atoms with Gasteiger partial charge in [-0.1, -0.05) is 24.6 Å². The molecule has 1 aliphatic heterocycles. The van der Waals surface area contributed by atoms with Gasteiger partial charge in [-0.15, -0.1) is 12.4 Å². The fourth-order valence-corrected chi connectivity index (χ4v) is 3.05. The van der Waals surface area contributed by atoms with Gasteiger partial charge in [0.2, 0.25) is 5.91 Å². The number of carbonyl (C=O) groups is 2. The van der Waals surface area contributed by atoms with Crippen LogP contribution in [0.3, 0.4) is 0 Å². The Morgan fingerprint density at radius 2 is 2.04 bits per heavy atom. The Bertz CT molecular complexity index is 638. The maximum Gasteiger partial charge on any atom is 0.325 e. The summed E-state index contributed by atoms with van der Waals surface area (Å²) in [7, 11) is 0. The first-order chi connectivity index (χ1) is 11.2. The molecule has 0 bridgehead atoms. The number of imide groups is 1. The standard InChI is InChI=1S/C18H28N4O2.ClH/c1-12-5-6-15(13(2)9-12)20-17(24)21-16(23)14(3)22-8-7-18(4,10-19)11-22;/h5-6,9,14H,7-8,10-11,19H2,1-4H3,(H2,20,21,23,24);1H. The topological polar surface area (TPSA) is 87.5 Å². The van der Waals surface area contributed by atoms with Crippen LogP contribution in [0.2, 0.25) is 0 Å². The molecule has 7 heteroatoms. The molecule has 2 unspecified atom stereocenters. The first kappa shape index (κ1) is 21.4. The quantitative estimate of drug-likeness (QED) is 0.761. The lowest BCUT2D eigenvalue weighted by Crippen LogP contribution is -2.48. The second-order valence-corrected chi connectivity index (χ2v) is 7.17. The Labute approximate surface area is 155 Å². The highest BCUT2D eigenvalue weighted by atomic mass is 35.5. The average molecular weight is 369 g/mol. The van der Waals surface area contributed by atoms with Crippen LogP contribution < -0.4 is 16.4 Å². The van der Waals surface area contributed by atoms with Gasteiger partial charge in [0, 0.05) is 12.2 Å². The van der Waals surface area contributed by atoms with Crippen molar-refractivity contribution in [3.8, 4) is 0 Å². The lowest BCUT2D eigenvalue weighted by atomic mass is 9.90. The molecule has 3 amide bonds. The van der Waals surface area contributed by atoms with E-state index in [9.17, 15) is 9.59 Å². The van der Waals surface area contributed by atoms with Crippen molar-refractivity contribution in [3.05, 3.63) is 29.3 Å². The summed E-state index contributed by atoms with van der Waals surface area (Å²) in [5.41, 5.74) is 8.65. The zero-order valence-corrected chi connectivity index (χ0v) is 16.2. The third-order valence-electron chi connectivity index (χ3n) is 4.87. The summed E-state index contributed by atoms with van der Waals surface area (Å²) >= 11 is 0. The number of nitrogens with one attached hydrogen (secondary N) is 2. The molecule has 1 fully saturated rings. The summed E-state index contributed by atoms with van der Waals surface area (Å²) in [5, 5.41) is 5.16. The van der Waals surface area contributed by atoms with Gasteiger partial charge in [-0.3, -0.25) is 15.0 Å². The van der Waals surface area contributed by atoms with E-state index >= 15 is 0 Å². The molecule has 2 atom stereocenters. The predicted octanol–water partition coefficient (Wildman–Crippen LogP) is 2.43. The van der Waals surface area contributed by atoms with Crippen LogP contribution >= 0.6 is 12.4 Å². The van der Waals surface area contributed by atoms with Crippen LogP contribution in [0.5, 0.6) is 0 Å². The lowest BCUT2D eigenvalue weighted by Gasteiger charge is -2.26. The van der Waals surface area contributed by atoms with Gasteiger partial charge in [0.05, 0.1) is 6.04 Å². The van der Waals surface area contributed by atoms with Crippen LogP contribution in [0.1, 0.15) is 31.4 Å². The van der Waals surface area contributed by atoms with Crippen LogP contribution in [0.25, 0.3) is 0 Å². The highest BCUT2D eigenvalue weighted by molar-refractivity contribution is 6.03. The zero-order valence-electron chi connectivity index (χ0n) is 15.4. The van der Waals surface area contributed by atoms with E-state index in [1.54, 1.807) is 0 Å². The molecule has 6 nitrogen and oxygen atoms in total. The molecule has 1 aromatic rings. The van der Waals surface area contributed by atoms with Crippen molar-refractivity contribution >= 4 is 30.0 Å². The third kappa shape index (κ3) is 5.42. The molecular weight excluding hydrogens is 340 g/mol. The molecule has 0 saturated carbocycles. The highest BCUT2D eigenvalue weighted by Crippen LogP contribution is 2.29. The number of amides is 3. The Morgan fingerprint density at radius 3 is 2.60 bits per heavy atom. The molecule has 2 rings (SSSR count). The number of hydrogen-bond donors (Lipinski definition) is 3. The Morgan fingerprint density at radius 1 is 1.36 bits per heavy atom. The van der Waals surface area contributed by atoms with E-state index < -0.39 is 6.03 Å². The first-order valence-electron chi connectivity index (χ1n) is 8.37. The van der Waals surface area contributed by atoms with E-state index in [1.807, 2.05) is 39.0 Å². The summed E-state index contributed by atoms with van der Waals surface area (Å²) < 4.78 is 0. The number of nitrogens with two attached hydrogens (primary N) is 1. The maximum absolute atomic E-state index is 12.3. The average Bonchev–Trinajstić information content (AvgIpc) is 2.92. The Balaban J connectivity index is 0.00000312. The van der Waals surface area contributed by atoms with Crippen molar-refractivity contribution in [2.75, 3.05) is 25.0 Å². The van der Waals surface area contributed by atoms with Gasteiger partial charge in [0.1, 0.15) is 0 Å². The van der Waals surface area contributed by atoms with Crippen LogP contribution in [0.4, 0.5) is 10.5 Å². The number of hydrogen-bond acceptors (Lipinski definition) is 4. The summed E-state index contributed by atoms with van der Waals surface area (Å²) in [6, 6.07) is 4.89. The largest absolute Gasteiger partial charge is 0.330 e. The molecular formula is C18H29ClN4O2. The van der Waals surface area contributed by atoms with Crippen molar-refractivity contribution in [1.82, 2.24) is 10.2 Å². The molecule has 140 valence electrons.